The molecule has 6 nitrogen and oxygen atoms in total. The van der Waals surface area contributed by atoms with Crippen molar-refractivity contribution >= 4 is 23.3 Å². The molecule has 0 saturated carbocycles. The van der Waals surface area contributed by atoms with Crippen LogP contribution in [0.1, 0.15) is 24.4 Å². The van der Waals surface area contributed by atoms with E-state index in [-0.39, 0.29) is 29.2 Å². The highest BCUT2D eigenvalue weighted by Gasteiger charge is 2.62. The second kappa shape index (κ2) is 8.44. The normalized spacial score (nSPS) is 19.1. The number of benzene rings is 3. The fourth-order valence-corrected chi connectivity index (χ4v) is 5.00. The number of nitrogens with zero attached hydrogens (tertiary/aromatic N) is 2. The first kappa shape index (κ1) is 21.9. The van der Waals surface area contributed by atoms with E-state index in [2.05, 4.69) is 5.32 Å². The molecule has 0 aliphatic carbocycles. The fraction of sp³-hybridized carbons (Fsp3) is 0.231. The van der Waals surface area contributed by atoms with Crippen LogP contribution in [0.15, 0.2) is 72.8 Å². The van der Waals surface area contributed by atoms with Gasteiger partial charge in [-0.15, -0.1) is 0 Å². The number of carbonyl (C=O) groups is 2. The molecule has 0 bridgehead atoms. The standard InChI is InChI=1S/C26H23F2N3O3/c27-18-7-9-19(10-8-18)31-23(17-5-11-20(32)12-6-17)26(24(31)33)13-15-30(16-14-26)25(34)29-22-4-2-1-3-21(22)28/h1-12,23,32H,13-16H2,(H,29,34). The summed E-state index contributed by atoms with van der Waals surface area (Å²) in [5, 5.41) is 12.3. The van der Waals surface area contributed by atoms with E-state index in [0.717, 1.165) is 5.56 Å². The summed E-state index contributed by atoms with van der Waals surface area (Å²) in [7, 11) is 0. The third kappa shape index (κ3) is 3.65. The maximum Gasteiger partial charge on any atom is 0.321 e. The van der Waals surface area contributed by atoms with E-state index in [1.165, 1.54) is 24.3 Å². The van der Waals surface area contributed by atoms with Gasteiger partial charge in [-0.3, -0.25) is 4.79 Å². The molecular formula is C26H23F2N3O3. The molecule has 3 aromatic rings. The molecule has 2 aliphatic rings. The molecule has 174 valence electrons. The van der Waals surface area contributed by atoms with Gasteiger partial charge < -0.3 is 20.2 Å². The number of carbonyl (C=O) groups excluding carboxylic acids is 2. The second-order valence-corrected chi connectivity index (χ2v) is 8.70. The van der Waals surface area contributed by atoms with E-state index in [1.807, 2.05) is 0 Å². The molecule has 0 aromatic heterocycles. The SMILES string of the molecule is O=C(Nc1ccccc1F)N1CCC2(CC1)C(=O)N(c1ccc(F)cc1)C2c1ccc(O)cc1. The van der Waals surface area contributed by atoms with Crippen LogP contribution >= 0.6 is 0 Å². The summed E-state index contributed by atoms with van der Waals surface area (Å²) in [6.45, 7) is 0.662. The number of likely N-dealkylation sites (tertiary alicyclic amines) is 1. The Hall–Kier alpha value is -3.94. The summed E-state index contributed by atoms with van der Waals surface area (Å²) in [4.78, 5) is 29.5. The number of aromatic hydroxyl groups is 1. The third-order valence-electron chi connectivity index (χ3n) is 6.80. The smallest absolute Gasteiger partial charge is 0.321 e. The number of piperidine rings is 1. The van der Waals surface area contributed by atoms with Gasteiger partial charge in [-0.1, -0.05) is 24.3 Å². The minimum atomic E-state index is -0.722. The molecule has 2 aliphatic heterocycles. The molecule has 3 aromatic carbocycles. The first-order valence-corrected chi connectivity index (χ1v) is 11.1. The highest BCUT2D eigenvalue weighted by Crippen LogP contribution is 2.57. The number of amides is 3. The summed E-state index contributed by atoms with van der Waals surface area (Å²) in [6, 6.07) is 17.7. The Morgan fingerprint density at radius 2 is 1.59 bits per heavy atom. The average molecular weight is 463 g/mol. The molecule has 2 N–H and O–H groups in total. The van der Waals surface area contributed by atoms with Gasteiger partial charge in [0.05, 0.1) is 17.1 Å². The molecule has 5 rings (SSSR count). The molecular weight excluding hydrogens is 440 g/mol. The Balaban J connectivity index is 1.38. The molecule has 2 fully saturated rings. The Labute approximate surface area is 195 Å². The summed E-state index contributed by atoms with van der Waals surface area (Å²) in [5.41, 5.74) is 0.831. The highest BCUT2D eigenvalue weighted by molar-refractivity contribution is 6.06. The summed E-state index contributed by atoms with van der Waals surface area (Å²) in [5.74, 6) is -0.856. The summed E-state index contributed by atoms with van der Waals surface area (Å²) < 4.78 is 27.4. The van der Waals surface area contributed by atoms with Gasteiger partial charge in [-0.25, -0.2) is 13.6 Å². The van der Waals surface area contributed by atoms with Crippen molar-refractivity contribution in [2.75, 3.05) is 23.3 Å². The highest BCUT2D eigenvalue weighted by atomic mass is 19.1. The number of nitrogens with one attached hydrogen (secondary N) is 1. The van der Waals surface area contributed by atoms with Crippen molar-refractivity contribution in [3.63, 3.8) is 0 Å². The first-order valence-electron chi connectivity index (χ1n) is 11.1. The minimum absolute atomic E-state index is 0.0775. The molecule has 2 saturated heterocycles. The number of β-lactam (4-membered cyclic amide) rings is 1. The topological polar surface area (TPSA) is 72.9 Å². The van der Waals surface area contributed by atoms with E-state index >= 15 is 0 Å². The van der Waals surface area contributed by atoms with Gasteiger partial charge in [0.2, 0.25) is 5.91 Å². The molecule has 0 radical (unpaired) electrons. The van der Waals surface area contributed by atoms with Crippen LogP contribution in [0.3, 0.4) is 0 Å². The molecule has 1 unspecified atom stereocenters. The van der Waals surface area contributed by atoms with Crippen molar-refractivity contribution in [2.24, 2.45) is 5.41 Å². The van der Waals surface area contributed by atoms with Gasteiger partial charge in [0.1, 0.15) is 17.4 Å². The monoisotopic (exact) mass is 463 g/mol. The quantitative estimate of drug-likeness (QED) is 0.533. The molecule has 2 heterocycles. The van der Waals surface area contributed by atoms with Crippen molar-refractivity contribution in [1.82, 2.24) is 4.90 Å². The molecule has 1 atom stereocenters. The lowest BCUT2D eigenvalue weighted by Gasteiger charge is -2.59. The minimum Gasteiger partial charge on any atom is -0.508 e. The molecule has 34 heavy (non-hydrogen) atoms. The van der Waals surface area contributed by atoms with Crippen molar-refractivity contribution in [3.05, 3.63) is 90.0 Å². The number of phenolic OH excluding ortho intramolecular Hbond substituents is 1. The molecule has 8 heteroatoms. The zero-order chi connectivity index (χ0) is 23.9. The number of phenols is 1. The Morgan fingerprint density at radius 3 is 2.24 bits per heavy atom. The number of rotatable bonds is 3. The van der Waals surface area contributed by atoms with Gasteiger partial charge in [-0.05, 0) is 66.9 Å². The lowest BCUT2D eigenvalue weighted by atomic mass is 9.62. The zero-order valence-electron chi connectivity index (χ0n) is 18.2. The maximum absolute atomic E-state index is 13.9. The number of urea groups is 1. The third-order valence-corrected chi connectivity index (χ3v) is 6.80. The largest absolute Gasteiger partial charge is 0.508 e. The van der Waals surface area contributed by atoms with Crippen molar-refractivity contribution in [1.29, 1.82) is 0 Å². The fourth-order valence-electron chi connectivity index (χ4n) is 5.00. The van der Waals surface area contributed by atoms with E-state index in [0.29, 0.717) is 31.6 Å². The predicted molar refractivity (Wildman–Crippen MR) is 123 cm³/mol. The number of hydrogen-bond donors (Lipinski definition) is 2. The number of para-hydroxylation sites is 1. The van der Waals surface area contributed by atoms with Crippen molar-refractivity contribution in [3.8, 4) is 5.75 Å². The van der Waals surface area contributed by atoms with E-state index in [9.17, 15) is 23.5 Å². The zero-order valence-corrected chi connectivity index (χ0v) is 18.2. The van der Waals surface area contributed by atoms with Crippen LogP contribution in [0.2, 0.25) is 0 Å². The Kier molecular flexibility index (Phi) is 5.43. The van der Waals surface area contributed by atoms with Gasteiger partial charge in [-0.2, -0.15) is 0 Å². The van der Waals surface area contributed by atoms with Crippen LogP contribution in [-0.4, -0.2) is 35.0 Å². The first-order chi connectivity index (χ1) is 16.4. The van der Waals surface area contributed by atoms with E-state index < -0.39 is 17.3 Å². The van der Waals surface area contributed by atoms with Crippen molar-refractivity contribution < 1.29 is 23.5 Å². The van der Waals surface area contributed by atoms with Gasteiger partial charge in [0.15, 0.2) is 0 Å². The molecule has 1 spiro atoms. The number of hydrogen-bond acceptors (Lipinski definition) is 3. The number of anilines is 2. The molecule has 3 amide bonds. The summed E-state index contributed by atoms with van der Waals surface area (Å²) >= 11 is 0. The lowest BCUT2D eigenvalue weighted by Crippen LogP contribution is -2.67. The Bertz CT molecular complexity index is 1220. The van der Waals surface area contributed by atoms with Crippen LogP contribution in [0.4, 0.5) is 25.0 Å². The van der Waals surface area contributed by atoms with Gasteiger partial charge in [0.25, 0.3) is 0 Å². The second-order valence-electron chi connectivity index (χ2n) is 8.70. The van der Waals surface area contributed by atoms with Gasteiger partial charge in [0, 0.05) is 18.8 Å². The lowest BCUT2D eigenvalue weighted by molar-refractivity contribution is -0.144. The van der Waals surface area contributed by atoms with Crippen LogP contribution < -0.4 is 10.2 Å². The maximum atomic E-state index is 13.9. The van der Waals surface area contributed by atoms with E-state index in [4.69, 9.17) is 0 Å². The predicted octanol–water partition coefficient (Wildman–Crippen LogP) is 5.07. The van der Waals surface area contributed by atoms with Crippen LogP contribution in [-0.2, 0) is 4.79 Å². The van der Waals surface area contributed by atoms with E-state index in [1.54, 1.807) is 58.3 Å². The van der Waals surface area contributed by atoms with Gasteiger partial charge >= 0.3 is 6.03 Å². The van der Waals surface area contributed by atoms with Crippen LogP contribution in [0, 0.1) is 17.0 Å². The number of halogens is 2. The van der Waals surface area contributed by atoms with Crippen LogP contribution in [0.25, 0.3) is 0 Å². The van der Waals surface area contributed by atoms with Crippen LogP contribution in [0.5, 0.6) is 5.75 Å². The Morgan fingerprint density at radius 1 is 0.941 bits per heavy atom. The van der Waals surface area contributed by atoms with Crippen molar-refractivity contribution in [2.45, 2.75) is 18.9 Å². The summed E-state index contributed by atoms with van der Waals surface area (Å²) in [6.07, 6.45) is 0.861. The average Bonchev–Trinajstić information content (AvgIpc) is 2.85.